The van der Waals surface area contributed by atoms with Gasteiger partial charge in [-0.1, -0.05) is 33.8 Å². The van der Waals surface area contributed by atoms with Crippen molar-refractivity contribution in [2.75, 3.05) is 38.0 Å². The Morgan fingerprint density at radius 1 is 0.846 bits per heavy atom. The maximum absolute atomic E-state index is 12.7. The van der Waals surface area contributed by atoms with E-state index in [4.69, 9.17) is 0 Å². The van der Waals surface area contributed by atoms with Gasteiger partial charge in [-0.3, -0.25) is 9.59 Å². The van der Waals surface area contributed by atoms with Crippen molar-refractivity contribution >= 4 is 17.5 Å². The molecule has 5 heteroatoms. The third kappa shape index (κ3) is 7.06. The zero-order valence-electron chi connectivity index (χ0n) is 16.9. The molecule has 1 aromatic carbocycles. The third-order valence-electron chi connectivity index (χ3n) is 4.17. The van der Waals surface area contributed by atoms with Crippen LogP contribution in [-0.2, 0) is 4.79 Å². The van der Waals surface area contributed by atoms with Crippen molar-refractivity contribution in [2.24, 2.45) is 0 Å². The van der Waals surface area contributed by atoms with E-state index in [1.807, 2.05) is 34.1 Å². The number of carbonyl (C=O) groups excluding carboxylic acids is 2. The van der Waals surface area contributed by atoms with Crippen molar-refractivity contribution in [3.05, 3.63) is 29.8 Å². The van der Waals surface area contributed by atoms with Crippen molar-refractivity contribution in [3.63, 3.8) is 0 Å². The molecular weight excluding hydrogens is 326 g/mol. The summed E-state index contributed by atoms with van der Waals surface area (Å²) in [5.41, 5.74) is 1.48. The number of hydrogen-bond donors (Lipinski definition) is 1. The first-order valence-electron chi connectivity index (χ1n) is 9.98. The monoisotopic (exact) mass is 361 g/mol. The molecule has 26 heavy (non-hydrogen) atoms. The number of nitrogens with one attached hydrogen (secondary N) is 1. The molecule has 0 aromatic heterocycles. The second-order valence-corrected chi connectivity index (χ2v) is 6.61. The number of carbonyl (C=O) groups is 2. The molecule has 146 valence electrons. The smallest absolute Gasteiger partial charge is 0.253 e. The molecule has 0 aliphatic carbocycles. The predicted octanol–water partition coefficient (Wildman–Crippen LogP) is 4.01. The maximum Gasteiger partial charge on any atom is 0.253 e. The second-order valence-electron chi connectivity index (χ2n) is 6.61. The molecule has 0 aliphatic heterocycles. The number of rotatable bonds is 12. The van der Waals surface area contributed by atoms with E-state index in [1.54, 1.807) is 0 Å². The second kappa shape index (κ2) is 12.3. The van der Waals surface area contributed by atoms with Gasteiger partial charge in [0.15, 0.2) is 0 Å². The van der Waals surface area contributed by atoms with E-state index in [1.165, 1.54) is 0 Å². The van der Waals surface area contributed by atoms with Gasteiger partial charge in [0, 0.05) is 37.4 Å². The Labute approximate surface area is 158 Å². The Morgan fingerprint density at radius 2 is 1.38 bits per heavy atom. The van der Waals surface area contributed by atoms with Crippen LogP contribution in [0.5, 0.6) is 0 Å². The molecule has 0 saturated carbocycles. The minimum Gasteiger partial charge on any atom is -0.376 e. The summed E-state index contributed by atoms with van der Waals surface area (Å²) in [6.07, 6.45) is 3.81. The van der Waals surface area contributed by atoms with Gasteiger partial charge < -0.3 is 15.1 Å². The number of anilines is 1. The van der Waals surface area contributed by atoms with Crippen LogP contribution >= 0.6 is 0 Å². The van der Waals surface area contributed by atoms with Gasteiger partial charge in [-0.15, -0.1) is 0 Å². The third-order valence-corrected chi connectivity index (χ3v) is 4.17. The Balaban J connectivity index is 2.73. The summed E-state index contributed by atoms with van der Waals surface area (Å²) < 4.78 is 0. The first kappa shape index (κ1) is 22.0. The van der Waals surface area contributed by atoms with Gasteiger partial charge in [-0.25, -0.2) is 0 Å². The van der Waals surface area contributed by atoms with Crippen LogP contribution in [0.2, 0.25) is 0 Å². The lowest BCUT2D eigenvalue weighted by atomic mass is 10.1. The van der Waals surface area contributed by atoms with E-state index in [0.29, 0.717) is 5.56 Å². The summed E-state index contributed by atoms with van der Waals surface area (Å²) >= 11 is 0. The molecule has 5 nitrogen and oxygen atoms in total. The average Bonchev–Trinajstić information content (AvgIpc) is 2.65. The Hall–Kier alpha value is -2.04. The van der Waals surface area contributed by atoms with E-state index >= 15 is 0 Å². The average molecular weight is 362 g/mol. The SMILES string of the molecule is CCCN(CCC)C(=O)CNc1cccc(C(=O)N(CCC)CCC)c1. The molecule has 0 saturated heterocycles. The Morgan fingerprint density at radius 3 is 1.92 bits per heavy atom. The van der Waals surface area contributed by atoms with Gasteiger partial charge in [-0.2, -0.15) is 0 Å². The lowest BCUT2D eigenvalue weighted by Gasteiger charge is -2.23. The number of hydrogen-bond acceptors (Lipinski definition) is 3. The topological polar surface area (TPSA) is 52.7 Å². The first-order chi connectivity index (χ1) is 12.6. The summed E-state index contributed by atoms with van der Waals surface area (Å²) in [6.45, 7) is 11.7. The normalized spacial score (nSPS) is 10.5. The van der Waals surface area contributed by atoms with E-state index in [-0.39, 0.29) is 18.4 Å². The highest BCUT2D eigenvalue weighted by Crippen LogP contribution is 2.13. The van der Waals surface area contributed by atoms with Crippen LogP contribution in [-0.4, -0.2) is 54.3 Å². The lowest BCUT2D eigenvalue weighted by Crippen LogP contribution is -2.36. The van der Waals surface area contributed by atoms with Crippen LogP contribution < -0.4 is 5.32 Å². The van der Waals surface area contributed by atoms with Gasteiger partial charge in [0.05, 0.1) is 6.54 Å². The molecule has 0 spiro atoms. The molecular formula is C21H35N3O2. The van der Waals surface area contributed by atoms with Crippen molar-refractivity contribution in [1.29, 1.82) is 0 Å². The molecule has 0 bridgehead atoms. The predicted molar refractivity (Wildman–Crippen MR) is 109 cm³/mol. The molecule has 1 rings (SSSR count). The van der Waals surface area contributed by atoms with Gasteiger partial charge in [-0.05, 0) is 43.9 Å². The maximum atomic E-state index is 12.7. The highest BCUT2D eigenvalue weighted by molar-refractivity contribution is 5.95. The van der Waals surface area contributed by atoms with Gasteiger partial charge in [0.1, 0.15) is 0 Å². The molecule has 1 N–H and O–H groups in total. The van der Waals surface area contributed by atoms with E-state index < -0.39 is 0 Å². The number of amides is 2. The number of nitrogens with zero attached hydrogens (tertiary/aromatic N) is 2. The molecule has 1 aromatic rings. The first-order valence-corrected chi connectivity index (χ1v) is 9.98. The van der Waals surface area contributed by atoms with Gasteiger partial charge in [0.25, 0.3) is 5.91 Å². The highest BCUT2D eigenvalue weighted by Gasteiger charge is 2.15. The molecule has 2 amide bonds. The molecule has 0 aliphatic rings. The van der Waals surface area contributed by atoms with Gasteiger partial charge in [0.2, 0.25) is 5.91 Å². The van der Waals surface area contributed by atoms with Crippen LogP contribution in [0.4, 0.5) is 5.69 Å². The molecule has 0 atom stereocenters. The largest absolute Gasteiger partial charge is 0.376 e. The van der Waals surface area contributed by atoms with Crippen molar-refractivity contribution in [1.82, 2.24) is 9.80 Å². The summed E-state index contributed by atoms with van der Waals surface area (Å²) in [5, 5.41) is 3.18. The molecule has 0 heterocycles. The van der Waals surface area contributed by atoms with Crippen LogP contribution in [0.15, 0.2) is 24.3 Å². The molecule has 0 fully saturated rings. The summed E-state index contributed by atoms with van der Waals surface area (Å²) in [6, 6.07) is 7.45. The molecule has 0 unspecified atom stereocenters. The highest BCUT2D eigenvalue weighted by atomic mass is 16.2. The van der Waals surface area contributed by atoms with Crippen LogP contribution in [0, 0.1) is 0 Å². The fourth-order valence-corrected chi connectivity index (χ4v) is 2.99. The van der Waals surface area contributed by atoms with Gasteiger partial charge >= 0.3 is 0 Å². The van der Waals surface area contributed by atoms with Crippen LogP contribution in [0.25, 0.3) is 0 Å². The Bertz CT molecular complexity index is 548. The fraction of sp³-hybridized carbons (Fsp3) is 0.619. The summed E-state index contributed by atoms with van der Waals surface area (Å²) in [7, 11) is 0. The minimum atomic E-state index is 0.0577. The number of benzene rings is 1. The van der Waals surface area contributed by atoms with E-state index in [2.05, 4.69) is 33.0 Å². The van der Waals surface area contributed by atoms with Crippen molar-refractivity contribution in [3.8, 4) is 0 Å². The minimum absolute atomic E-state index is 0.0577. The van der Waals surface area contributed by atoms with Crippen LogP contribution in [0.1, 0.15) is 63.7 Å². The lowest BCUT2D eigenvalue weighted by molar-refractivity contribution is -0.129. The summed E-state index contributed by atoms with van der Waals surface area (Å²) in [5.74, 6) is 0.159. The van der Waals surface area contributed by atoms with Crippen molar-refractivity contribution < 1.29 is 9.59 Å². The van der Waals surface area contributed by atoms with E-state index in [9.17, 15) is 9.59 Å². The zero-order chi connectivity index (χ0) is 19.4. The zero-order valence-corrected chi connectivity index (χ0v) is 16.9. The van der Waals surface area contributed by atoms with E-state index in [0.717, 1.165) is 57.5 Å². The standard InChI is InChI=1S/C21H35N3O2/c1-5-12-23(13-6-2)20(25)17-22-19-11-9-10-18(16-19)21(26)24(14-7-3)15-8-4/h9-11,16,22H,5-8,12-15,17H2,1-4H3. The van der Waals surface area contributed by atoms with Crippen LogP contribution in [0.3, 0.4) is 0 Å². The molecule has 0 radical (unpaired) electrons. The van der Waals surface area contributed by atoms with Crippen molar-refractivity contribution in [2.45, 2.75) is 53.4 Å². The fourth-order valence-electron chi connectivity index (χ4n) is 2.99. The Kier molecular flexibility index (Phi) is 10.4. The quantitative estimate of drug-likeness (QED) is 0.612. The summed E-state index contributed by atoms with van der Waals surface area (Å²) in [4.78, 5) is 28.9.